The summed E-state index contributed by atoms with van der Waals surface area (Å²) in [5, 5.41) is 0. The van der Waals surface area contributed by atoms with Gasteiger partial charge < -0.3 is 9.30 Å². The Bertz CT molecular complexity index is 494. The topological polar surface area (TPSA) is 27.1 Å². The van der Waals surface area contributed by atoms with Gasteiger partial charge in [-0.3, -0.25) is 0 Å². The summed E-state index contributed by atoms with van der Waals surface area (Å²) in [5.74, 6) is 0.873. The van der Waals surface area contributed by atoms with Gasteiger partial charge in [-0.1, -0.05) is 12.1 Å². The predicted octanol–water partition coefficient (Wildman–Crippen LogP) is 3.25. The number of imidazole rings is 1. The first-order valence-corrected chi connectivity index (χ1v) is 5.91. The number of aryl methyl sites for hydroxylation is 1. The van der Waals surface area contributed by atoms with E-state index in [1.54, 1.807) is 6.33 Å². The molecule has 0 saturated carbocycles. The minimum atomic E-state index is 0.673. The van der Waals surface area contributed by atoms with E-state index in [1.807, 2.05) is 42.8 Å². The lowest BCUT2D eigenvalue weighted by atomic mass is 10.1. The molecule has 2 aromatic rings. The second kappa shape index (κ2) is 4.70. The van der Waals surface area contributed by atoms with Crippen LogP contribution in [0.4, 0.5) is 0 Å². The van der Waals surface area contributed by atoms with Crippen molar-refractivity contribution in [2.45, 2.75) is 6.92 Å². The number of hydrogen-bond donors (Lipinski definition) is 0. The highest BCUT2D eigenvalue weighted by molar-refractivity contribution is 9.10. The normalized spacial score (nSPS) is 10.4. The lowest BCUT2D eigenvalue weighted by Crippen LogP contribution is -1.91. The molecule has 0 aliphatic rings. The number of benzene rings is 1. The fourth-order valence-corrected chi connectivity index (χ4v) is 1.93. The summed E-state index contributed by atoms with van der Waals surface area (Å²) in [4.78, 5) is 4.35. The van der Waals surface area contributed by atoms with Crippen LogP contribution in [0.2, 0.25) is 0 Å². The average Bonchev–Trinajstić information content (AvgIpc) is 2.61. The van der Waals surface area contributed by atoms with Crippen LogP contribution in [0, 0.1) is 0 Å². The quantitative estimate of drug-likeness (QED) is 0.863. The second-order valence-electron chi connectivity index (χ2n) is 3.46. The lowest BCUT2D eigenvalue weighted by molar-refractivity contribution is 0.340. The second-order valence-corrected chi connectivity index (χ2v) is 4.21. The van der Waals surface area contributed by atoms with Gasteiger partial charge in [-0.05, 0) is 35.0 Å². The van der Waals surface area contributed by atoms with E-state index in [2.05, 4.69) is 20.9 Å². The third-order valence-corrected chi connectivity index (χ3v) is 3.22. The molecular weight excluding hydrogens is 268 g/mol. The van der Waals surface area contributed by atoms with Crippen molar-refractivity contribution >= 4 is 15.9 Å². The highest BCUT2D eigenvalue weighted by atomic mass is 79.9. The summed E-state index contributed by atoms with van der Waals surface area (Å²) in [6.07, 6.45) is 1.78. The molecular formula is C12H13BrN2O. The maximum atomic E-state index is 5.46. The van der Waals surface area contributed by atoms with Gasteiger partial charge in [-0.2, -0.15) is 0 Å². The van der Waals surface area contributed by atoms with Crippen LogP contribution < -0.4 is 4.74 Å². The van der Waals surface area contributed by atoms with E-state index in [0.717, 1.165) is 21.6 Å². The van der Waals surface area contributed by atoms with Crippen molar-refractivity contribution in [1.82, 2.24) is 9.55 Å². The maximum Gasteiger partial charge on any atom is 0.119 e. The zero-order valence-corrected chi connectivity index (χ0v) is 10.9. The van der Waals surface area contributed by atoms with E-state index in [0.29, 0.717) is 6.61 Å². The Balaban J connectivity index is 2.40. The van der Waals surface area contributed by atoms with Gasteiger partial charge in [-0.15, -0.1) is 0 Å². The molecule has 0 N–H and O–H groups in total. The van der Waals surface area contributed by atoms with E-state index < -0.39 is 0 Å². The number of aromatic nitrogens is 2. The SMILES string of the molecule is CCOc1cccc(-c2ncn(C)c2Br)c1. The van der Waals surface area contributed by atoms with Crippen molar-refractivity contribution in [3.05, 3.63) is 35.2 Å². The number of ether oxygens (including phenoxy) is 1. The Labute approximate surface area is 103 Å². The molecule has 0 atom stereocenters. The summed E-state index contributed by atoms with van der Waals surface area (Å²) in [5.41, 5.74) is 1.99. The largest absolute Gasteiger partial charge is 0.494 e. The van der Waals surface area contributed by atoms with Gasteiger partial charge in [0.2, 0.25) is 0 Å². The fourth-order valence-electron chi connectivity index (χ4n) is 1.51. The molecule has 1 heterocycles. The van der Waals surface area contributed by atoms with Crippen molar-refractivity contribution in [2.24, 2.45) is 7.05 Å². The average molecular weight is 281 g/mol. The van der Waals surface area contributed by atoms with E-state index in [1.165, 1.54) is 0 Å². The first kappa shape index (κ1) is 11.2. The molecule has 0 aliphatic carbocycles. The van der Waals surface area contributed by atoms with Gasteiger partial charge in [0.15, 0.2) is 0 Å². The molecule has 0 radical (unpaired) electrons. The molecule has 0 aliphatic heterocycles. The fraction of sp³-hybridized carbons (Fsp3) is 0.250. The maximum absolute atomic E-state index is 5.46. The summed E-state index contributed by atoms with van der Waals surface area (Å²) in [6.45, 7) is 2.65. The number of hydrogen-bond acceptors (Lipinski definition) is 2. The zero-order chi connectivity index (χ0) is 11.5. The van der Waals surface area contributed by atoms with Gasteiger partial charge in [0.1, 0.15) is 16.0 Å². The number of halogens is 1. The molecule has 16 heavy (non-hydrogen) atoms. The summed E-state index contributed by atoms with van der Waals surface area (Å²) in [7, 11) is 1.95. The van der Waals surface area contributed by atoms with Crippen LogP contribution in [-0.4, -0.2) is 16.2 Å². The number of rotatable bonds is 3. The van der Waals surface area contributed by atoms with E-state index in [4.69, 9.17) is 4.74 Å². The number of nitrogens with zero attached hydrogens (tertiary/aromatic N) is 2. The van der Waals surface area contributed by atoms with Gasteiger partial charge in [0.05, 0.1) is 12.9 Å². The van der Waals surface area contributed by atoms with Crippen LogP contribution in [-0.2, 0) is 7.05 Å². The van der Waals surface area contributed by atoms with Gasteiger partial charge in [-0.25, -0.2) is 4.98 Å². The van der Waals surface area contributed by atoms with Gasteiger partial charge >= 0.3 is 0 Å². The van der Waals surface area contributed by atoms with Gasteiger partial charge in [0.25, 0.3) is 0 Å². The molecule has 0 amide bonds. The predicted molar refractivity (Wildman–Crippen MR) is 67.5 cm³/mol. The molecule has 0 fully saturated rings. The molecule has 0 spiro atoms. The van der Waals surface area contributed by atoms with Crippen molar-refractivity contribution in [1.29, 1.82) is 0 Å². The van der Waals surface area contributed by atoms with Crippen LogP contribution in [0.15, 0.2) is 35.2 Å². The molecule has 1 aromatic carbocycles. The zero-order valence-electron chi connectivity index (χ0n) is 9.27. The molecule has 0 bridgehead atoms. The Morgan fingerprint density at radius 3 is 2.88 bits per heavy atom. The van der Waals surface area contributed by atoms with E-state index in [-0.39, 0.29) is 0 Å². The molecule has 4 heteroatoms. The van der Waals surface area contributed by atoms with Crippen LogP contribution in [0.25, 0.3) is 11.3 Å². The minimum Gasteiger partial charge on any atom is -0.494 e. The molecule has 0 unspecified atom stereocenters. The smallest absolute Gasteiger partial charge is 0.119 e. The molecule has 3 nitrogen and oxygen atoms in total. The van der Waals surface area contributed by atoms with Crippen molar-refractivity contribution in [2.75, 3.05) is 6.61 Å². The Hall–Kier alpha value is -1.29. The summed E-state index contributed by atoms with van der Waals surface area (Å²) < 4.78 is 8.37. The van der Waals surface area contributed by atoms with E-state index in [9.17, 15) is 0 Å². The Morgan fingerprint density at radius 2 is 2.25 bits per heavy atom. The standard InChI is InChI=1S/C12H13BrN2O/c1-3-16-10-6-4-5-9(7-10)11-12(13)15(2)8-14-11/h4-8H,3H2,1-2H3. The van der Waals surface area contributed by atoms with Gasteiger partial charge in [0, 0.05) is 12.6 Å². The first-order valence-electron chi connectivity index (χ1n) is 5.12. The monoisotopic (exact) mass is 280 g/mol. The van der Waals surface area contributed by atoms with Crippen molar-refractivity contribution in [3.63, 3.8) is 0 Å². The molecule has 1 aromatic heterocycles. The third kappa shape index (κ3) is 2.11. The Kier molecular flexibility index (Phi) is 3.29. The molecule has 84 valence electrons. The lowest BCUT2D eigenvalue weighted by Gasteiger charge is -2.04. The summed E-state index contributed by atoms with van der Waals surface area (Å²) in [6, 6.07) is 7.94. The minimum absolute atomic E-state index is 0.673. The summed E-state index contributed by atoms with van der Waals surface area (Å²) >= 11 is 3.51. The van der Waals surface area contributed by atoms with Crippen molar-refractivity contribution < 1.29 is 4.74 Å². The van der Waals surface area contributed by atoms with Crippen LogP contribution in [0.5, 0.6) is 5.75 Å². The van der Waals surface area contributed by atoms with Crippen LogP contribution in [0.1, 0.15) is 6.92 Å². The highest BCUT2D eigenvalue weighted by Crippen LogP contribution is 2.28. The van der Waals surface area contributed by atoms with Crippen LogP contribution in [0.3, 0.4) is 0 Å². The molecule has 0 saturated heterocycles. The van der Waals surface area contributed by atoms with Crippen molar-refractivity contribution in [3.8, 4) is 17.0 Å². The van der Waals surface area contributed by atoms with E-state index >= 15 is 0 Å². The first-order chi connectivity index (χ1) is 7.72. The Morgan fingerprint density at radius 1 is 1.44 bits per heavy atom. The highest BCUT2D eigenvalue weighted by Gasteiger charge is 2.08. The molecule has 2 rings (SSSR count). The van der Waals surface area contributed by atoms with Crippen LogP contribution >= 0.6 is 15.9 Å². The third-order valence-electron chi connectivity index (χ3n) is 2.28.